The van der Waals surface area contributed by atoms with E-state index in [1.807, 2.05) is 6.07 Å². The first-order chi connectivity index (χ1) is 19.2. The monoisotopic (exact) mass is 678 g/mol. The smallest absolute Gasteiger partial charge is 0.338 e. The van der Waals surface area contributed by atoms with E-state index in [4.69, 9.17) is 18.9 Å². The fourth-order valence-electron chi connectivity index (χ4n) is 3.73. The van der Waals surface area contributed by atoms with Crippen molar-refractivity contribution in [3.63, 3.8) is 0 Å². The Bertz CT molecular complexity index is 1360. The summed E-state index contributed by atoms with van der Waals surface area (Å²) < 4.78 is 23.4. The van der Waals surface area contributed by atoms with Crippen LogP contribution >= 0.6 is 31.9 Å². The first-order valence-electron chi connectivity index (χ1n) is 12.0. The summed E-state index contributed by atoms with van der Waals surface area (Å²) >= 11 is 6.87. The van der Waals surface area contributed by atoms with Gasteiger partial charge in [0.05, 0.1) is 36.0 Å². The highest BCUT2D eigenvalue weighted by atomic mass is 79.9. The number of hydrogen-bond donors (Lipinski definition) is 3. The molecule has 1 heterocycles. The van der Waals surface area contributed by atoms with Crippen molar-refractivity contribution >= 4 is 56.0 Å². The Labute approximate surface area is 248 Å². The summed E-state index contributed by atoms with van der Waals surface area (Å²) in [6.07, 6.45) is 3.07. The standard InChI is InChI=1S/C27H28Br2N4O7/c1-5-9-39-25-17(10-18(28)12-19(25)29)13-30-33-22(34)14-40-20-8-7-16(11-21(20)37-4)24-23(26(35)38-6-2)15(3)31-27(36)32-24/h5,7-8,10-13,24H,1,6,9,14H2,2-4H3,(H,33,34)(H2,31,32,36)/b30-13+/t24-/m1/s1. The molecule has 1 aliphatic rings. The molecule has 2 aromatic carbocycles. The van der Waals surface area contributed by atoms with Gasteiger partial charge in [-0.1, -0.05) is 34.7 Å². The van der Waals surface area contributed by atoms with Crippen molar-refractivity contribution in [1.82, 2.24) is 16.1 Å². The molecule has 212 valence electrons. The van der Waals surface area contributed by atoms with Crippen LogP contribution in [0.3, 0.4) is 0 Å². The van der Waals surface area contributed by atoms with Crippen LogP contribution in [0.4, 0.5) is 4.79 Å². The third-order valence-corrected chi connectivity index (χ3v) is 6.47. The van der Waals surface area contributed by atoms with Gasteiger partial charge in [-0.3, -0.25) is 4.79 Å². The Morgan fingerprint density at radius 3 is 2.65 bits per heavy atom. The zero-order valence-electron chi connectivity index (χ0n) is 22.0. The van der Waals surface area contributed by atoms with Gasteiger partial charge in [-0.05, 0) is 59.6 Å². The Morgan fingerprint density at radius 1 is 1.18 bits per heavy atom. The molecule has 13 heteroatoms. The third-order valence-electron chi connectivity index (χ3n) is 5.42. The highest BCUT2D eigenvalue weighted by molar-refractivity contribution is 9.11. The van der Waals surface area contributed by atoms with Gasteiger partial charge in [-0.15, -0.1) is 0 Å². The molecule has 2 aromatic rings. The lowest BCUT2D eigenvalue weighted by atomic mass is 9.95. The van der Waals surface area contributed by atoms with Crippen molar-refractivity contribution in [1.29, 1.82) is 0 Å². The molecule has 0 bridgehead atoms. The fraction of sp³-hybridized carbons (Fsp3) is 0.259. The van der Waals surface area contributed by atoms with E-state index in [1.54, 1.807) is 44.2 Å². The zero-order valence-corrected chi connectivity index (χ0v) is 25.2. The van der Waals surface area contributed by atoms with E-state index in [0.29, 0.717) is 39.4 Å². The second-order valence-corrected chi connectivity index (χ2v) is 9.96. The predicted octanol–water partition coefficient (Wildman–Crippen LogP) is 4.51. The first-order valence-corrected chi connectivity index (χ1v) is 13.6. The number of methoxy groups -OCH3 is 1. The quantitative estimate of drug-likeness (QED) is 0.130. The molecule has 11 nitrogen and oxygen atoms in total. The minimum atomic E-state index is -0.771. The molecule has 3 N–H and O–H groups in total. The van der Waals surface area contributed by atoms with Gasteiger partial charge < -0.3 is 29.6 Å². The molecule has 0 saturated heterocycles. The minimum absolute atomic E-state index is 0.184. The molecular weight excluding hydrogens is 652 g/mol. The fourth-order valence-corrected chi connectivity index (χ4v) is 5.10. The van der Waals surface area contributed by atoms with Crippen molar-refractivity contribution in [2.24, 2.45) is 5.10 Å². The van der Waals surface area contributed by atoms with Gasteiger partial charge >= 0.3 is 12.0 Å². The van der Waals surface area contributed by atoms with E-state index in [1.165, 1.54) is 13.3 Å². The van der Waals surface area contributed by atoms with Gasteiger partial charge in [0, 0.05) is 15.7 Å². The molecule has 0 unspecified atom stereocenters. The number of benzene rings is 2. The van der Waals surface area contributed by atoms with Crippen molar-refractivity contribution in [3.05, 3.63) is 74.3 Å². The number of allylic oxidation sites excluding steroid dienone is 1. The van der Waals surface area contributed by atoms with Crippen molar-refractivity contribution in [2.45, 2.75) is 19.9 Å². The molecule has 1 atom stereocenters. The van der Waals surface area contributed by atoms with Crippen LogP contribution in [0.2, 0.25) is 0 Å². The van der Waals surface area contributed by atoms with Crippen molar-refractivity contribution in [2.75, 3.05) is 26.9 Å². The number of urea groups is 1. The van der Waals surface area contributed by atoms with E-state index < -0.39 is 23.9 Å². The van der Waals surface area contributed by atoms with Crippen LogP contribution in [-0.4, -0.2) is 51.1 Å². The number of carbonyl (C=O) groups excluding carboxylic acids is 3. The van der Waals surface area contributed by atoms with Gasteiger partial charge in [-0.25, -0.2) is 15.0 Å². The number of nitrogens with one attached hydrogen (secondary N) is 3. The van der Waals surface area contributed by atoms with Crippen molar-refractivity contribution < 1.29 is 33.3 Å². The van der Waals surface area contributed by atoms with Gasteiger partial charge in [0.2, 0.25) is 0 Å². The highest BCUT2D eigenvalue weighted by Gasteiger charge is 2.32. The number of ether oxygens (including phenoxy) is 4. The molecule has 3 rings (SSSR count). The summed E-state index contributed by atoms with van der Waals surface area (Å²) in [7, 11) is 1.44. The molecule has 0 spiro atoms. The van der Waals surface area contributed by atoms with E-state index in [9.17, 15) is 14.4 Å². The molecule has 0 radical (unpaired) electrons. The summed E-state index contributed by atoms with van der Waals surface area (Å²) in [5, 5.41) is 9.31. The van der Waals surface area contributed by atoms with Crippen LogP contribution in [0.1, 0.15) is 31.0 Å². The lowest BCUT2D eigenvalue weighted by molar-refractivity contribution is -0.139. The van der Waals surface area contributed by atoms with Crippen LogP contribution in [0, 0.1) is 0 Å². The summed E-state index contributed by atoms with van der Waals surface area (Å²) in [5.41, 5.74) is 4.25. The van der Waals surface area contributed by atoms with Gasteiger partial charge in [0.15, 0.2) is 18.1 Å². The van der Waals surface area contributed by atoms with E-state index >= 15 is 0 Å². The van der Waals surface area contributed by atoms with E-state index in [2.05, 4.69) is 59.6 Å². The van der Waals surface area contributed by atoms with E-state index in [0.717, 1.165) is 4.47 Å². The summed E-state index contributed by atoms with van der Waals surface area (Å²) in [4.78, 5) is 37.1. The van der Waals surface area contributed by atoms with Crippen molar-refractivity contribution in [3.8, 4) is 17.2 Å². The maximum Gasteiger partial charge on any atom is 0.338 e. The second kappa shape index (κ2) is 14.5. The topological polar surface area (TPSA) is 137 Å². The summed E-state index contributed by atoms with van der Waals surface area (Å²) in [6.45, 7) is 7.09. The van der Waals surface area contributed by atoms with Crippen LogP contribution in [-0.2, 0) is 14.3 Å². The Balaban J connectivity index is 1.70. The Morgan fingerprint density at radius 2 is 1.95 bits per heavy atom. The molecule has 0 fully saturated rings. The maximum atomic E-state index is 12.6. The number of halogens is 2. The lowest BCUT2D eigenvalue weighted by Gasteiger charge is -2.28. The second-order valence-electron chi connectivity index (χ2n) is 8.19. The number of nitrogens with zero attached hydrogens (tertiary/aromatic N) is 1. The number of esters is 1. The van der Waals surface area contributed by atoms with Gasteiger partial charge in [0.1, 0.15) is 12.4 Å². The molecular formula is C27H28Br2N4O7. The van der Waals surface area contributed by atoms with Crippen LogP contribution in [0.25, 0.3) is 0 Å². The number of amides is 3. The zero-order chi connectivity index (χ0) is 29.2. The SMILES string of the molecule is C=CCOc1c(Br)cc(Br)cc1/C=N/NC(=O)COc1ccc([C@H]2NC(=O)NC(C)=C2C(=O)OCC)cc1OC. The molecule has 0 aliphatic carbocycles. The lowest BCUT2D eigenvalue weighted by Crippen LogP contribution is -2.45. The number of rotatable bonds is 12. The number of hydrogen-bond acceptors (Lipinski definition) is 8. The molecule has 0 aromatic heterocycles. The number of carbonyl (C=O) groups is 3. The molecule has 3 amide bonds. The third kappa shape index (κ3) is 7.85. The maximum absolute atomic E-state index is 12.6. The molecule has 1 aliphatic heterocycles. The predicted molar refractivity (Wildman–Crippen MR) is 156 cm³/mol. The summed E-state index contributed by atoms with van der Waals surface area (Å²) in [5.74, 6) is 0.0520. The molecule has 40 heavy (non-hydrogen) atoms. The molecule has 0 saturated carbocycles. The highest BCUT2D eigenvalue weighted by Crippen LogP contribution is 2.35. The normalized spacial score (nSPS) is 14.7. The van der Waals surface area contributed by atoms with Gasteiger partial charge in [0.25, 0.3) is 5.91 Å². The Kier molecular flexibility index (Phi) is 11.1. The average Bonchev–Trinajstić information content (AvgIpc) is 2.91. The van der Waals surface area contributed by atoms with E-state index in [-0.39, 0.29) is 24.5 Å². The Hall–Kier alpha value is -3.84. The largest absolute Gasteiger partial charge is 0.493 e. The average molecular weight is 680 g/mol. The first kappa shape index (κ1) is 30.7. The van der Waals surface area contributed by atoms with Crippen LogP contribution in [0.5, 0.6) is 17.2 Å². The minimum Gasteiger partial charge on any atom is -0.493 e. The van der Waals surface area contributed by atoms with Gasteiger partial charge in [-0.2, -0.15) is 5.10 Å². The number of hydrazone groups is 1. The van der Waals surface area contributed by atoms with Crippen LogP contribution < -0.4 is 30.3 Å². The summed E-state index contributed by atoms with van der Waals surface area (Å²) in [6, 6.07) is 7.25. The van der Waals surface area contributed by atoms with Crippen LogP contribution in [0.15, 0.2) is 68.3 Å².